The standard InChI is InChI=1S/C13H22N2O2/c1-8-6-10(4-5-17-8)15-13(16)11-7-9-2-3-12(11)14-9/h8-12,14H,2-7H2,1H3,(H,15,16). The lowest BCUT2D eigenvalue weighted by atomic mass is 9.88. The quantitative estimate of drug-likeness (QED) is 0.748. The van der Waals surface area contributed by atoms with E-state index in [1.54, 1.807) is 0 Å². The Balaban J connectivity index is 1.53. The SMILES string of the molecule is CC1CC(NC(=O)C2CC3CCC2N3)CCO1. The average Bonchev–Trinajstić information content (AvgIpc) is 2.90. The molecule has 4 heteroatoms. The molecule has 0 saturated carbocycles. The summed E-state index contributed by atoms with van der Waals surface area (Å²) in [6, 6.07) is 1.37. The zero-order chi connectivity index (χ0) is 11.8. The second kappa shape index (κ2) is 4.58. The summed E-state index contributed by atoms with van der Waals surface area (Å²) < 4.78 is 5.50. The van der Waals surface area contributed by atoms with Crippen molar-refractivity contribution in [1.29, 1.82) is 0 Å². The van der Waals surface area contributed by atoms with Crippen LogP contribution in [-0.4, -0.2) is 36.7 Å². The van der Waals surface area contributed by atoms with E-state index < -0.39 is 0 Å². The Morgan fingerprint density at radius 2 is 2.18 bits per heavy atom. The maximum Gasteiger partial charge on any atom is 0.224 e. The Kier molecular flexibility index (Phi) is 3.09. The third-order valence-corrected chi connectivity index (χ3v) is 4.47. The maximum atomic E-state index is 12.2. The van der Waals surface area contributed by atoms with Gasteiger partial charge in [0, 0.05) is 24.7 Å². The smallest absolute Gasteiger partial charge is 0.224 e. The summed E-state index contributed by atoms with van der Waals surface area (Å²) >= 11 is 0. The molecule has 3 heterocycles. The Bertz CT molecular complexity index is 308. The predicted molar refractivity (Wildman–Crippen MR) is 64.6 cm³/mol. The summed E-state index contributed by atoms with van der Waals surface area (Å²) in [7, 11) is 0. The Labute approximate surface area is 102 Å². The highest BCUT2D eigenvalue weighted by molar-refractivity contribution is 5.80. The zero-order valence-corrected chi connectivity index (χ0v) is 10.4. The fourth-order valence-corrected chi connectivity index (χ4v) is 3.55. The number of amides is 1. The molecule has 0 aliphatic carbocycles. The highest BCUT2D eigenvalue weighted by Crippen LogP contribution is 2.33. The minimum atomic E-state index is 0.215. The Hall–Kier alpha value is -0.610. The van der Waals surface area contributed by atoms with Crippen molar-refractivity contribution < 1.29 is 9.53 Å². The lowest BCUT2D eigenvalue weighted by Gasteiger charge is -2.30. The molecule has 96 valence electrons. The third-order valence-electron chi connectivity index (χ3n) is 4.47. The summed E-state index contributed by atoms with van der Waals surface area (Å²) in [5.41, 5.74) is 0. The average molecular weight is 238 g/mol. The van der Waals surface area contributed by atoms with Crippen LogP contribution in [0.25, 0.3) is 0 Å². The van der Waals surface area contributed by atoms with E-state index in [0.717, 1.165) is 25.9 Å². The maximum absolute atomic E-state index is 12.2. The molecule has 3 saturated heterocycles. The van der Waals surface area contributed by atoms with Crippen LogP contribution >= 0.6 is 0 Å². The molecule has 2 bridgehead atoms. The minimum Gasteiger partial charge on any atom is -0.378 e. The second-order valence-electron chi connectivity index (χ2n) is 5.80. The molecule has 5 atom stereocenters. The fraction of sp³-hybridized carbons (Fsp3) is 0.923. The molecule has 17 heavy (non-hydrogen) atoms. The lowest BCUT2D eigenvalue weighted by molar-refractivity contribution is -0.127. The van der Waals surface area contributed by atoms with Crippen molar-refractivity contribution in [3.8, 4) is 0 Å². The first-order chi connectivity index (χ1) is 8.22. The van der Waals surface area contributed by atoms with Gasteiger partial charge in [0.1, 0.15) is 0 Å². The summed E-state index contributed by atoms with van der Waals surface area (Å²) in [5, 5.41) is 6.74. The van der Waals surface area contributed by atoms with Crippen LogP contribution in [-0.2, 0) is 9.53 Å². The molecular weight excluding hydrogens is 216 g/mol. The predicted octanol–water partition coefficient (Wildman–Crippen LogP) is 0.811. The van der Waals surface area contributed by atoms with Crippen LogP contribution in [0.2, 0.25) is 0 Å². The zero-order valence-electron chi connectivity index (χ0n) is 10.4. The van der Waals surface area contributed by atoms with Gasteiger partial charge >= 0.3 is 0 Å². The van der Waals surface area contributed by atoms with Gasteiger partial charge in [-0.3, -0.25) is 4.79 Å². The molecular formula is C13H22N2O2. The molecule has 3 aliphatic rings. The van der Waals surface area contributed by atoms with Crippen LogP contribution < -0.4 is 10.6 Å². The first-order valence-corrected chi connectivity index (χ1v) is 6.90. The molecule has 0 aromatic carbocycles. The molecule has 0 aromatic heterocycles. The summed E-state index contributed by atoms with van der Waals surface area (Å²) in [6.45, 7) is 2.86. The molecule has 3 rings (SSSR count). The van der Waals surface area contributed by atoms with Crippen molar-refractivity contribution in [3.63, 3.8) is 0 Å². The van der Waals surface area contributed by atoms with Gasteiger partial charge in [-0.25, -0.2) is 0 Å². The molecule has 4 nitrogen and oxygen atoms in total. The molecule has 5 unspecified atom stereocenters. The van der Waals surface area contributed by atoms with Crippen molar-refractivity contribution in [3.05, 3.63) is 0 Å². The van der Waals surface area contributed by atoms with Crippen molar-refractivity contribution in [2.75, 3.05) is 6.61 Å². The number of fused-ring (bicyclic) bond motifs is 2. The first-order valence-electron chi connectivity index (χ1n) is 6.90. The van der Waals surface area contributed by atoms with Gasteiger partial charge in [-0.2, -0.15) is 0 Å². The summed E-state index contributed by atoms with van der Waals surface area (Å²) in [5.74, 6) is 0.482. The lowest BCUT2D eigenvalue weighted by Crippen LogP contribution is -2.46. The van der Waals surface area contributed by atoms with Crippen LogP contribution in [0, 0.1) is 5.92 Å². The Morgan fingerprint density at radius 3 is 2.82 bits per heavy atom. The molecule has 3 aliphatic heterocycles. The number of rotatable bonds is 2. The summed E-state index contributed by atoms with van der Waals surface area (Å²) in [4.78, 5) is 12.2. The van der Waals surface area contributed by atoms with E-state index in [1.807, 2.05) is 0 Å². The van der Waals surface area contributed by atoms with Gasteiger partial charge in [-0.1, -0.05) is 0 Å². The third kappa shape index (κ3) is 2.33. The number of hydrogen-bond donors (Lipinski definition) is 2. The number of carbonyl (C=O) groups excluding carboxylic acids is 1. The van der Waals surface area contributed by atoms with Crippen molar-refractivity contribution in [2.24, 2.45) is 5.92 Å². The van der Waals surface area contributed by atoms with Crippen LogP contribution in [0.5, 0.6) is 0 Å². The van der Waals surface area contributed by atoms with Crippen molar-refractivity contribution in [2.45, 2.75) is 63.3 Å². The van der Waals surface area contributed by atoms with Crippen LogP contribution in [0.15, 0.2) is 0 Å². The van der Waals surface area contributed by atoms with Gasteiger partial charge in [0.15, 0.2) is 0 Å². The molecule has 3 fully saturated rings. The van der Waals surface area contributed by atoms with E-state index in [0.29, 0.717) is 18.1 Å². The van der Waals surface area contributed by atoms with Gasteiger partial charge in [-0.05, 0) is 39.0 Å². The monoisotopic (exact) mass is 238 g/mol. The second-order valence-corrected chi connectivity index (χ2v) is 5.80. The highest BCUT2D eigenvalue weighted by Gasteiger charge is 2.43. The Morgan fingerprint density at radius 1 is 1.29 bits per heavy atom. The minimum absolute atomic E-state index is 0.215. The number of carbonyl (C=O) groups is 1. The van der Waals surface area contributed by atoms with E-state index in [1.165, 1.54) is 12.8 Å². The van der Waals surface area contributed by atoms with E-state index in [2.05, 4.69) is 17.6 Å². The van der Waals surface area contributed by atoms with Crippen LogP contribution in [0.1, 0.15) is 39.0 Å². The molecule has 1 amide bonds. The molecule has 0 aromatic rings. The van der Waals surface area contributed by atoms with Gasteiger partial charge in [0.05, 0.1) is 12.0 Å². The largest absolute Gasteiger partial charge is 0.378 e. The molecule has 2 N–H and O–H groups in total. The van der Waals surface area contributed by atoms with E-state index in [4.69, 9.17) is 4.74 Å². The number of nitrogens with one attached hydrogen (secondary N) is 2. The number of hydrogen-bond acceptors (Lipinski definition) is 3. The number of ether oxygens (including phenoxy) is 1. The fourth-order valence-electron chi connectivity index (χ4n) is 3.55. The summed E-state index contributed by atoms with van der Waals surface area (Å²) in [6.07, 6.45) is 5.67. The van der Waals surface area contributed by atoms with Gasteiger partial charge < -0.3 is 15.4 Å². The molecule has 0 radical (unpaired) electrons. The molecule has 0 spiro atoms. The van der Waals surface area contributed by atoms with E-state index in [9.17, 15) is 4.79 Å². The van der Waals surface area contributed by atoms with E-state index >= 15 is 0 Å². The van der Waals surface area contributed by atoms with Gasteiger partial charge in [0.25, 0.3) is 0 Å². The first kappa shape index (κ1) is 11.5. The van der Waals surface area contributed by atoms with Gasteiger partial charge in [0.2, 0.25) is 5.91 Å². The van der Waals surface area contributed by atoms with Gasteiger partial charge in [-0.15, -0.1) is 0 Å². The van der Waals surface area contributed by atoms with Crippen molar-refractivity contribution >= 4 is 5.91 Å². The van der Waals surface area contributed by atoms with Crippen LogP contribution in [0.4, 0.5) is 0 Å². The van der Waals surface area contributed by atoms with Crippen molar-refractivity contribution in [1.82, 2.24) is 10.6 Å². The van der Waals surface area contributed by atoms with Crippen LogP contribution in [0.3, 0.4) is 0 Å². The topological polar surface area (TPSA) is 50.4 Å². The normalized spacial score (nSPS) is 44.9. The highest BCUT2D eigenvalue weighted by atomic mass is 16.5. The van der Waals surface area contributed by atoms with E-state index in [-0.39, 0.29) is 17.9 Å².